The molecule has 78 valence electrons. The van der Waals surface area contributed by atoms with Gasteiger partial charge >= 0.3 is 0 Å². The predicted octanol–water partition coefficient (Wildman–Crippen LogP) is 2.53. The Morgan fingerprint density at radius 1 is 1.53 bits per heavy atom. The Balaban J connectivity index is 2.18. The molecular weight excluding hydrogens is 303 g/mol. The van der Waals surface area contributed by atoms with Crippen molar-refractivity contribution < 1.29 is 4.74 Å². The fraction of sp³-hybridized carbons (Fsp3) is 0.364. The highest BCUT2D eigenvalue weighted by molar-refractivity contribution is 14.1. The van der Waals surface area contributed by atoms with Crippen LogP contribution in [0.2, 0.25) is 0 Å². The summed E-state index contributed by atoms with van der Waals surface area (Å²) in [5, 5.41) is 8.76. The zero-order valence-electron chi connectivity index (χ0n) is 8.16. The van der Waals surface area contributed by atoms with Crippen LogP contribution in [0.25, 0.3) is 0 Å². The maximum Gasteiger partial charge on any atom is 0.155 e. The molecule has 15 heavy (non-hydrogen) atoms. The number of ether oxygens (including phenoxy) is 1. The topological polar surface area (TPSA) is 59.0 Å². The number of nitrogens with zero attached hydrogens (tertiary/aromatic N) is 1. The second-order valence-corrected chi connectivity index (χ2v) is 4.90. The molecule has 1 aliphatic rings. The lowest BCUT2D eigenvalue weighted by Gasteiger charge is -2.10. The van der Waals surface area contributed by atoms with Gasteiger partial charge in [0.05, 0.1) is 27.5 Å². The van der Waals surface area contributed by atoms with Gasteiger partial charge in [0, 0.05) is 0 Å². The number of nitrogens with two attached hydrogens (primary N) is 1. The standard InChI is InChI=1S/C11H11IN2O/c12-9-3-8(5-13)4-10(14)11(9)15-6-7-1-2-7/h3-4,7H,1-2,6,14H2. The van der Waals surface area contributed by atoms with E-state index in [1.54, 1.807) is 12.1 Å². The Morgan fingerprint density at radius 2 is 2.27 bits per heavy atom. The quantitative estimate of drug-likeness (QED) is 0.689. The fourth-order valence-corrected chi connectivity index (χ4v) is 2.12. The summed E-state index contributed by atoms with van der Waals surface area (Å²) in [6.45, 7) is 0.742. The van der Waals surface area contributed by atoms with Crippen molar-refractivity contribution in [2.45, 2.75) is 12.8 Å². The summed E-state index contributed by atoms with van der Waals surface area (Å²) in [5.41, 5.74) is 6.96. The van der Waals surface area contributed by atoms with Gasteiger partial charge in [-0.15, -0.1) is 0 Å². The van der Waals surface area contributed by atoms with Crippen LogP contribution in [0.3, 0.4) is 0 Å². The highest BCUT2D eigenvalue weighted by Gasteiger charge is 2.22. The molecule has 1 aliphatic carbocycles. The average molecular weight is 314 g/mol. The summed E-state index contributed by atoms with van der Waals surface area (Å²) >= 11 is 2.15. The Bertz CT molecular complexity index is 398. The smallest absolute Gasteiger partial charge is 0.155 e. The molecule has 0 unspecified atom stereocenters. The summed E-state index contributed by atoms with van der Waals surface area (Å²) in [6.07, 6.45) is 2.51. The number of nitriles is 1. The maximum absolute atomic E-state index is 8.76. The maximum atomic E-state index is 8.76. The van der Waals surface area contributed by atoms with Gasteiger partial charge in [-0.05, 0) is 53.5 Å². The minimum atomic E-state index is 0.555. The van der Waals surface area contributed by atoms with Gasteiger partial charge in [0.15, 0.2) is 5.75 Å². The second-order valence-electron chi connectivity index (χ2n) is 3.74. The first-order valence-electron chi connectivity index (χ1n) is 4.82. The number of rotatable bonds is 3. The number of benzene rings is 1. The van der Waals surface area contributed by atoms with Gasteiger partial charge < -0.3 is 10.5 Å². The van der Waals surface area contributed by atoms with Crippen LogP contribution in [0.4, 0.5) is 5.69 Å². The van der Waals surface area contributed by atoms with Crippen molar-refractivity contribution in [1.29, 1.82) is 5.26 Å². The molecule has 0 saturated heterocycles. The van der Waals surface area contributed by atoms with Crippen LogP contribution in [0.15, 0.2) is 12.1 Å². The number of hydrogen-bond donors (Lipinski definition) is 1. The zero-order chi connectivity index (χ0) is 10.8. The van der Waals surface area contributed by atoms with Gasteiger partial charge in [0.2, 0.25) is 0 Å². The first-order chi connectivity index (χ1) is 7.20. The Kier molecular flexibility index (Phi) is 3.00. The third kappa shape index (κ3) is 2.53. The lowest BCUT2D eigenvalue weighted by Crippen LogP contribution is -2.03. The monoisotopic (exact) mass is 314 g/mol. The molecule has 0 aliphatic heterocycles. The van der Waals surface area contributed by atoms with Crippen molar-refractivity contribution in [3.05, 3.63) is 21.3 Å². The largest absolute Gasteiger partial charge is 0.490 e. The molecule has 0 heterocycles. The number of hydrogen-bond acceptors (Lipinski definition) is 3. The molecule has 1 aromatic rings. The summed E-state index contributed by atoms with van der Waals surface area (Å²) in [5.74, 6) is 1.43. The van der Waals surface area contributed by atoms with E-state index in [2.05, 4.69) is 28.7 Å². The van der Waals surface area contributed by atoms with Gasteiger partial charge in [-0.2, -0.15) is 5.26 Å². The lowest BCUT2D eigenvalue weighted by molar-refractivity contribution is 0.299. The van der Waals surface area contributed by atoms with Crippen molar-refractivity contribution in [1.82, 2.24) is 0 Å². The highest BCUT2D eigenvalue weighted by Crippen LogP contribution is 2.33. The summed E-state index contributed by atoms with van der Waals surface area (Å²) in [6, 6.07) is 5.52. The Labute approximate surface area is 102 Å². The molecule has 0 aromatic heterocycles. The van der Waals surface area contributed by atoms with Crippen molar-refractivity contribution in [3.63, 3.8) is 0 Å². The van der Waals surface area contributed by atoms with E-state index in [1.165, 1.54) is 12.8 Å². The van der Waals surface area contributed by atoms with Gasteiger partial charge in [-0.25, -0.2) is 0 Å². The average Bonchev–Trinajstić information content (AvgIpc) is 3.00. The van der Waals surface area contributed by atoms with E-state index in [4.69, 9.17) is 15.7 Å². The molecule has 0 radical (unpaired) electrons. The summed E-state index contributed by atoms with van der Waals surface area (Å²) < 4.78 is 6.56. The normalized spacial score (nSPS) is 14.7. The van der Waals surface area contributed by atoms with E-state index < -0.39 is 0 Å². The molecule has 4 heteroatoms. The molecule has 0 atom stereocenters. The van der Waals surface area contributed by atoms with E-state index in [0.29, 0.717) is 17.2 Å². The Morgan fingerprint density at radius 3 is 2.80 bits per heavy atom. The van der Waals surface area contributed by atoms with Crippen molar-refractivity contribution in [2.75, 3.05) is 12.3 Å². The summed E-state index contributed by atoms with van der Waals surface area (Å²) in [7, 11) is 0. The van der Waals surface area contributed by atoms with E-state index >= 15 is 0 Å². The van der Waals surface area contributed by atoms with Crippen LogP contribution >= 0.6 is 22.6 Å². The molecule has 2 rings (SSSR count). The Hall–Kier alpha value is -0.960. The SMILES string of the molecule is N#Cc1cc(N)c(OCC2CC2)c(I)c1. The molecule has 0 bridgehead atoms. The zero-order valence-corrected chi connectivity index (χ0v) is 10.3. The van der Waals surface area contributed by atoms with Crippen LogP contribution in [0, 0.1) is 20.8 Å². The molecule has 1 fully saturated rings. The number of nitrogen functional groups attached to an aromatic ring is 1. The van der Waals surface area contributed by atoms with Crippen LogP contribution in [0.1, 0.15) is 18.4 Å². The van der Waals surface area contributed by atoms with Crippen LogP contribution in [0.5, 0.6) is 5.75 Å². The van der Waals surface area contributed by atoms with E-state index in [0.717, 1.165) is 15.9 Å². The molecule has 0 amide bonds. The molecule has 3 nitrogen and oxygen atoms in total. The van der Waals surface area contributed by atoms with Gasteiger partial charge in [-0.1, -0.05) is 0 Å². The summed E-state index contributed by atoms with van der Waals surface area (Å²) in [4.78, 5) is 0. The first kappa shape index (κ1) is 10.6. The van der Waals surface area contributed by atoms with Crippen molar-refractivity contribution >= 4 is 28.3 Å². The van der Waals surface area contributed by atoms with Gasteiger partial charge in [-0.3, -0.25) is 0 Å². The van der Waals surface area contributed by atoms with Crippen LogP contribution in [-0.2, 0) is 0 Å². The van der Waals surface area contributed by atoms with E-state index in [1.807, 2.05) is 0 Å². The predicted molar refractivity (Wildman–Crippen MR) is 66.5 cm³/mol. The second kappa shape index (κ2) is 4.27. The third-order valence-electron chi connectivity index (χ3n) is 2.36. The molecule has 0 spiro atoms. The lowest BCUT2D eigenvalue weighted by atomic mass is 10.2. The van der Waals surface area contributed by atoms with Crippen LogP contribution in [-0.4, -0.2) is 6.61 Å². The molecule has 1 aromatic carbocycles. The first-order valence-corrected chi connectivity index (χ1v) is 5.90. The highest BCUT2D eigenvalue weighted by atomic mass is 127. The number of anilines is 1. The van der Waals surface area contributed by atoms with E-state index in [-0.39, 0.29) is 0 Å². The fourth-order valence-electron chi connectivity index (χ4n) is 1.32. The molecule has 1 saturated carbocycles. The molecular formula is C11H11IN2O. The third-order valence-corrected chi connectivity index (χ3v) is 3.16. The van der Waals surface area contributed by atoms with Crippen molar-refractivity contribution in [2.24, 2.45) is 5.92 Å². The van der Waals surface area contributed by atoms with Crippen molar-refractivity contribution in [3.8, 4) is 11.8 Å². The minimum Gasteiger partial charge on any atom is -0.490 e. The minimum absolute atomic E-state index is 0.555. The van der Waals surface area contributed by atoms with Gasteiger partial charge in [0.25, 0.3) is 0 Å². The van der Waals surface area contributed by atoms with E-state index in [9.17, 15) is 0 Å². The van der Waals surface area contributed by atoms with Crippen LogP contribution < -0.4 is 10.5 Å². The number of halogens is 1. The van der Waals surface area contributed by atoms with Gasteiger partial charge in [0.1, 0.15) is 0 Å². The molecule has 2 N–H and O–H groups in total.